The molecule has 90 valence electrons. The van der Waals surface area contributed by atoms with Crippen LogP contribution in [0.2, 0.25) is 0 Å². The summed E-state index contributed by atoms with van der Waals surface area (Å²) < 4.78 is 0. The molecule has 1 saturated carbocycles. The number of pyridine rings is 2. The molecular weight excluding hydrogens is 226 g/mol. The molecule has 1 aliphatic rings. The highest BCUT2D eigenvalue weighted by Gasteiger charge is 2.45. The topological polar surface area (TPSA) is 54.9 Å². The predicted octanol–water partition coefficient (Wildman–Crippen LogP) is 1.90. The fourth-order valence-corrected chi connectivity index (χ4v) is 2.05. The zero-order valence-electron chi connectivity index (χ0n) is 9.84. The number of carbonyl (C=O) groups is 1. The van der Waals surface area contributed by atoms with Crippen LogP contribution in [-0.2, 0) is 5.54 Å². The number of nitrogens with one attached hydrogen (secondary N) is 1. The van der Waals surface area contributed by atoms with Crippen LogP contribution in [-0.4, -0.2) is 15.9 Å². The standard InChI is InChI=1S/C14H13N3O/c18-13(11-3-8-15-9-4-11)17-14(5-6-14)12-2-1-7-16-10-12/h1-4,7-10H,5-6H2,(H,17,18). The molecule has 1 N–H and O–H groups in total. The lowest BCUT2D eigenvalue weighted by Crippen LogP contribution is -2.34. The Balaban J connectivity index is 1.80. The summed E-state index contributed by atoms with van der Waals surface area (Å²) in [6.07, 6.45) is 8.74. The summed E-state index contributed by atoms with van der Waals surface area (Å²) in [7, 11) is 0. The zero-order valence-corrected chi connectivity index (χ0v) is 9.84. The van der Waals surface area contributed by atoms with Crippen LogP contribution in [0.15, 0.2) is 49.1 Å². The number of hydrogen-bond donors (Lipinski definition) is 1. The van der Waals surface area contributed by atoms with Crippen molar-refractivity contribution in [2.45, 2.75) is 18.4 Å². The Bertz CT molecular complexity index is 550. The fourth-order valence-electron chi connectivity index (χ4n) is 2.05. The van der Waals surface area contributed by atoms with Gasteiger partial charge in [0.25, 0.3) is 5.91 Å². The minimum atomic E-state index is -0.214. The second kappa shape index (κ2) is 4.22. The lowest BCUT2D eigenvalue weighted by Gasteiger charge is -2.17. The van der Waals surface area contributed by atoms with Gasteiger partial charge in [0.1, 0.15) is 0 Å². The van der Waals surface area contributed by atoms with E-state index in [4.69, 9.17) is 0 Å². The van der Waals surface area contributed by atoms with E-state index in [1.165, 1.54) is 0 Å². The van der Waals surface area contributed by atoms with Gasteiger partial charge >= 0.3 is 0 Å². The summed E-state index contributed by atoms with van der Waals surface area (Å²) in [4.78, 5) is 20.1. The third-order valence-corrected chi connectivity index (χ3v) is 3.26. The highest BCUT2D eigenvalue weighted by Crippen LogP contribution is 2.45. The van der Waals surface area contributed by atoms with Crippen molar-refractivity contribution in [3.63, 3.8) is 0 Å². The molecule has 1 aliphatic carbocycles. The molecule has 3 rings (SSSR count). The number of hydrogen-bond acceptors (Lipinski definition) is 3. The Labute approximate surface area is 105 Å². The third-order valence-electron chi connectivity index (χ3n) is 3.26. The maximum atomic E-state index is 12.1. The summed E-state index contributed by atoms with van der Waals surface area (Å²) in [5.74, 6) is -0.0567. The van der Waals surface area contributed by atoms with E-state index in [-0.39, 0.29) is 11.4 Å². The molecule has 4 heteroatoms. The Hall–Kier alpha value is -2.23. The Morgan fingerprint density at radius 1 is 1.11 bits per heavy atom. The molecule has 4 nitrogen and oxygen atoms in total. The van der Waals surface area contributed by atoms with Gasteiger partial charge in [-0.3, -0.25) is 14.8 Å². The minimum absolute atomic E-state index is 0.0567. The number of carbonyl (C=O) groups excluding carboxylic acids is 1. The van der Waals surface area contributed by atoms with Gasteiger partial charge in [-0.1, -0.05) is 6.07 Å². The van der Waals surface area contributed by atoms with Crippen LogP contribution in [0.4, 0.5) is 0 Å². The van der Waals surface area contributed by atoms with E-state index in [1.807, 2.05) is 18.3 Å². The van der Waals surface area contributed by atoms with Gasteiger partial charge in [0, 0.05) is 30.4 Å². The molecule has 1 amide bonds. The molecule has 0 unspecified atom stereocenters. The third kappa shape index (κ3) is 1.97. The van der Waals surface area contributed by atoms with Gasteiger partial charge in [0.05, 0.1) is 5.54 Å². The van der Waals surface area contributed by atoms with E-state index in [0.717, 1.165) is 18.4 Å². The van der Waals surface area contributed by atoms with Crippen LogP contribution in [0.1, 0.15) is 28.8 Å². The highest BCUT2D eigenvalue weighted by atomic mass is 16.1. The zero-order chi connectivity index (χ0) is 12.4. The smallest absolute Gasteiger partial charge is 0.252 e. The van der Waals surface area contributed by atoms with Crippen molar-refractivity contribution >= 4 is 5.91 Å². The normalized spacial score (nSPS) is 16.0. The van der Waals surface area contributed by atoms with Gasteiger partial charge in [0.15, 0.2) is 0 Å². The monoisotopic (exact) mass is 239 g/mol. The molecule has 1 fully saturated rings. The second-order valence-corrected chi connectivity index (χ2v) is 4.51. The van der Waals surface area contributed by atoms with Crippen molar-refractivity contribution in [1.82, 2.24) is 15.3 Å². The lowest BCUT2D eigenvalue weighted by atomic mass is 10.1. The number of amides is 1. The number of nitrogens with zero attached hydrogens (tertiary/aromatic N) is 2. The molecule has 2 heterocycles. The Morgan fingerprint density at radius 2 is 1.89 bits per heavy atom. The van der Waals surface area contributed by atoms with Crippen LogP contribution in [0, 0.1) is 0 Å². The van der Waals surface area contributed by atoms with Crippen molar-refractivity contribution in [3.8, 4) is 0 Å². The van der Waals surface area contributed by atoms with E-state index in [2.05, 4.69) is 15.3 Å². The molecule has 18 heavy (non-hydrogen) atoms. The minimum Gasteiger partial charge on any atom is -0.342 e. The Kier molecular flexibility index (Phi) is 2.55. The Morgan fingerprint density at radius 3 is 2.50 bits per heavy atom. The largest absolute Gasteiger partial charge is 0.342 e. The van der Waals surface area contributed by atoms with Crippen LogP contribution in [0.5, 0.6) is 0 Å². The first-order valence-electron chi connectivity index (χ1n) is 5.93. The summed E-state index contributed by atoms with van der Waals surface area (Å²) in [6, 6.07) is 7.34. The highest BCUT2D eigenvalue weighted by molar-refractivity contribution is 5.94. The summed E-state index contributed by atoms with van der Waals surface area (Å²) in [5.41, 5.74) is 1.50. The average molecular weight is 239 g/mol. The molecule has 0 radical (unpaired) electrons. The van der Waals surface area contributed by atoms with Gasteiger partial charge in [0.2, 0.25) is 0 Å². The van der Waals surface area contributed by atoms with E-state index in [1.54, 1.807) is 30.7 Å². The summed E-state index contributed by atoms with van der Waals surface area (Å²) >= 11 is 0. The summed E-state index contributed by atoms with van der Waals surface area (Å²) in [5, 5.41) is 3.09. The van der Waals surface area contributed by atoms with Gasteiger partial charge < -0.3 is 5.32 Å². The molecule has 2 aromatic rings. The van der Waals surface area contributed by atoms with Crippen LogP contribution < -0.4 is 5.32 Å². The molecule has 0 spiro atoms. The van der Waals surface area contributed by atoms with E-state index in [0.29, 0.717) is 5.56 Å². The first-order valence-corrected chi connectivity index (χ1v) is 5.93. The van der Waals surface area contributed by atoms with Crippen molar-refractivity contribution < 1.29 is 4.79 Å². The fraction of sp³-hybridized carbons (Fsp3) is 0.214. The van der Waals surface area contributed by atoms with Crippen LogP contribution in [0.25, 0.3) is 0 Å². The lowest BCUT2D eigenvalue weighted by molar-refractivity contribution is 0.0930. The van der Waals surface area contributed by atoms with Gasteiger partial charge in [-0.25, -0.2) is 0 Å². The average Bonchev–Trinajstić information content (AvgIpc) is 3.22. The molecule has 0 saturated heterocycles. The van der Waals surface area contributed by atoms with E-state index in [9.17, 15) is 4.79 Å². The molecule has 2 aromatic heterocycles. The quantitative estimate of drug-likeness (QED) is 0.890. The first kappa shape index (κ1) is 10.9. The molecule has 0 aromatic carbocycles. The predicted molar refractivity (Wildman–Crippen MR) is 66.9 cm³/mol. The molecule has 0 aliphatic heterocycles. The number of aromatic nitrogens is 2. The molecular formula is C14H13N3O. The van der Waals surface area contributed by atoms with Crippen molar-refractivity contribution in [2.24, 2.45) is 0 Å². The van der Waals surface area contributed by atoms with Gasteiger partial charge in [-0.15, -0.1) is 0 Å². The molecule has 0 bridgehead atoms. The summed E-state index contributed by atoms with van der Waals surface area (Å²) in [6.45, 7) is 0. The van der Waals surface area contributed by atoms with Crippen molar-refractivity contribution in [1.29, 1.82) is 0 Å². The van der Waals surface area contributed by atoms with Crippen molar-refractivity contribution in [2.75, 3.05) is 0 Å². The molecule has 0 atom stereocenters. The number of rotatable bonds is 3. The van der Waals surface area contributed by atoms with E-state index < -0.39 is 0 Å². The van der Waals surface area contributed by atoms with Crippen molar-refractivity contribution in [3.05, 3.63) is 60.2 Å². The SMILES string of the molecule is O=C(NC1(c2cccnc2)CC1)c1ccncc1. The second-order valence-electron chi connectivity index (χ2n) is 4.51. The van der Waals surface area contributed by atoms with Crippen LogP contribution in [0.3, 0.4) is 0 Å². The van der Waals surface area contributed by atoms with Crippen LogP contribution >= 0.6 is 0 Å². The first-order chi connectivity index (χ1) is 8.80. The maximum absolute atomic E-state index is 12.1. The maximum Gasteiger partial charge on any atom is 0.252 e. The van der Waals surface area contributed by atoms with Gasteiger partial charge in [-0.2, -0.15) is 0 Å². The van der Waals surface area contributed by atoms with Gasteiger partial charge in [-0.05, 0) is 36.6 Å². The van der Waals surface area contributed by atoms with E-state index >= 15 is 0 Å².